The van der Waals surface area contributed by atoms with E-state index >= 15 is 0 Å². The van der Waals surface area contributed by atoms with Crippen molar-refractivity contribution in [1.29, 1.82) is 0 Å². The lowest BCUT2D eigenvalue weighted by atomic mass is 9.89. The molecule has 1 aliphatic rings. The molecule has 0 amide bonds. The molecule has 2 rings (SSSR count). The van der Waals surface area contributed by atoms with Gasteiger partial charge in [-0.15, -0.1) is 0 Å². The summed E-state index contributed by atoms with van der Waals surface area (Å²) >= 11 is 0. The van der Waals surface area contributed by atoms with Crippen LogP contribution in [0.15, 0.2) is 17.2 Å². The van der Waals surface area contributed by atoms with Crippen LogP contribution in [0.25, 0.3) is 0 Å². The minimum atomic E-state index is -0.231. The van der Waals surface area contributed by atoms with Gasteiger partial charge in [-0.3, -0.25) is 4.79 Å². The average molecular weight is 251 g/mol. The fourth-order valence-electron chi connectivity index (χ4n) is 2.11. The van der Waals surface area contributed by atoms with Gasteiger partial charge in [-0.05, 0) is 33.6 Å². The summed E-state index contributed by atoms with van der Waals surface area (Å²) in [5.74, 6) is 0.437. The average Bonchev–Trinajstić information content (AvgIpc) is 2.23. The molecule has 0 aromatic carbocycles. The molecule has 0 unspecified atom stereocenters. The van der Waals surface area contributed by atoms with Gasteiger partial charge in [-0.1, -0.05) is 0 Å². The van der Waals surface area contributed by atoms with Gasteiger partial charge in [-0.25, -0.2) is 4.98 Å². The molecule has 0 radical (unpaired) electrons. The molecule has 5 nitrogen and oxygen atoms in total. The topological polar surface area (TPSA) is 56.1 Å². The van der Waals surface area contributed by atoms with Crippen molar-refractivity contribution in [2.75, 3.05) is 12.4 Å². The summed E-state index contributed by atoms with van der Waals surface area (Å²) in [4.78, 5) is 16.4. The van der Waals surface area contributed by atoms with E-state index in [1.54, 1.807) is 24.1 Å². The number of aromatic nitrogens is 2. The zero-order valence-electron chi connectivity index (χ0n) is 11.4. The Balaban J connectivity index is 2.13. The number of nitrogens with zero attached hydrogens (tertiary/aromatic N) is 2. The molecule has 0 atom stereocenters. The van der Waals surface area contributed by atoms with Crippen LogP contribution in [-0.2, 0) is 10.3 Å². The summed E-state index contributed by atoms with van der Waals surface area (Å²) in [6.45, 7) is 6.01. The van der Waals surface area contributed by atoms with E-state index in [4.69, 9.17) is 4.74 Å². The molecule has 1 N–H and O–H groups in total. The predicted octanol–water partition coefficient (Wildman–Crippen LogP) is 1.59. The molecule has 1 aliphatic carbocycles. The Labute approximate surface area is 107 Å². The maximum absolute atomic E-state index is 12.2. The van der Waals surface area contributed by atoms with Crippen molar-refractivity contribution in [3.05, 3.63) is 22.7 Å². The van der Waals surface area contributed by atoms with Crippen LogP contribution in [-0.4, -0.2) is 28.8 Å². The summed E-state index contributed by atoms with van der Waals surface area (Å²) in [5.41, 5.74) is -0.295. The third-order valence-corrected chi connectivity index (χ3v) is 3.33. The van der Waals surface area contributed by atoms with Gasteiger partial charge in [0.2, 0.25) is 0 Å². The summed E-state index contributed by atoms with van der Waals surface area (Å²) < 4.78 is 6.92. The van der Waals surface area contributed by atoms with E-state index in [0.29, 0.717) is 18.0 Å². The predicted molar refractivity (Wildman–Crippen MR) is 70.9 cm³/mol. The minimum absolute atomic E-state index is 0.0640. The summed E-state index contributed by atoms with van der Waals surface area (Å²) in [6, 6.07) is 0.297. The highest BCUT2D eigenvalue weighted by Crippen LogP contribution is 2.24. The molecular weight excluding hydrogens is 230 g/mol. The van der Waals surface area contributed by atoms with Crippen LogP contribution >= 0.6 is 0 Å². The Hall–Kier alpha value is -1.36. The maximum atomic E-state index is 12.2. The number of anilines is 1. The van der Waals surface area contributed by atoms with Crippen molar-refractivity contribution >= 4 is 5.82 Å². The van der Waals surface area contributed by atoms with Gasteiger partial charge in [0.15, 0.2) is 5.82 Å². The Kier molecular flexibility index (Phi) is 3.43. The van der Waals surface area contributed by atoms with Crippen LogP contribution in [0.5, 0.6) is 0 Å². The zero-order chi connectivity index (χ0) is 13.3. The van der Waals surface area contributed by atoms with E-state index in [1.165, 1.54) is 0 Å². The molecular formula is C13H21N3O2. The first-order valence-electron chi connectivity index (χ1n) is 6.29. The van der Waals surface area contributed by atoms with Crippen LogP contribution in [0.1, 0.15) is 33.6 Å². The third kappa shape index (κ3) is 2.56. The van der Waals surface area contributed by atoms with Crippen molar-refractivity contribution in [1.82, 2.24) is 9.55 Å². The van der Waals surface area contributed by atoms with E-state index in [0.717, 1.165) is 12.8 Å². The van der Waals surface area contributed by atoms with E-state index in [-0.39, 0.29) is 11.1 Å². The highest BCUT2D eigenvalue weighted by molar-refractivity contribution is 5.33. The number of methoxy groups -OCH3 is 1. The second kappa shape index (κ2) is 4.72. The van der Waals surface area contributed by atoms with Crippen LogP contribution < -0.4 is 10.9 Å². The largest absolute Gasteiger partial charge is 0.381 e. The number of ether oxygens (including phenoxy) is 1. The number of hydrogen-bond donors (Lipinski definition) is 1. The zero-order valence-corrected chi connectivity index (χ0v) is 11.4. The fraction of sp³-hybridized carbons (Fsp3) is 0.692. The first-order valence-corrected chi connectivity index (χ1v) is 6.29. The van der Waals surface area contributed by atoms with Gasteiger partial charge in [0.1, 0.15) is 0 Å². The Morgan fingerprint density at radius 3 is 2.67 bits per heavy atom. The van der Waals surface area contributed by atoms with Gasteiger partial charge >= 0.3 is 0 Å². The van der Waals surface area contributed by atoms with E-state index in [9.17, 15) is 4.79 Å². The molecule has 0 spiro atoms. The fourth-order valence-corrected chi connectivity index (χ4v) is 2.11. The second-order valence-corrected chi connectivity index (χ2v) is 5.79. The van der Waals surface area contributed by atoms with Crippen LogP contribution in [0.3, 0.4) is 0 Å². The molecule has 1 heterocycles. The lowest BCUT2D eigenvalue weighted by Gasteiger charge is -2.35. The van der Waals surface area contributed by atoms with Crippen molar-refractivity contribution in [2.45, 2.75) is 51.3 Å². The minimum Gasteiger partial charge on any atom is -0.381 e. The lowest BCUT2D eigenvalue weighted by Crippen LogP contribution is -2.43. The molecule has 0 aliphatic heterocycles. The Bertz CT molecular complexity index is 470. The first-order chi connectivity index (χ1) is 8.41. The smallest absolute Gasteiger partial charge is 0.293 e. The summed E-state index contributed by atoms with van der Waals surface area (Å²) in [5, 5.41) is 3.20. The molecule has 0 bridgehead atoms. The standard InChI is InChI=1S/C13H21N3O2/c1-13(2,3)16-6-5-14-11(12(16)17)15-9-7-10(8-9)18-4/h5-6,9-10H,7-8H2,1-4H3,(H,14,15). The highest BCUT2D eigenvalue weighted by atomic mass is 16.5. The van der Waals surface area contributed by atoms with E-state index in [2.05, 4.69) is 10.3 Å². The monoisotopic (exact) mass is 251 g/mol. The first kappa shape index (κ1) is 13.1. The van der Waals surface area contributed by atoms with Crippen molar-refractivity contribution in [2.24, 2.45) is 0 Å². The molecule has 1 fully saturated rings. The number of rotatable bonds is 3. The Morgan fingerprint density at radius 2 is 2.11 bits per heavy atom. The van der Waals surface area contributed by atoms with Gasteiger partial charge in [0.25, 0.3) is 5.56 Å². The normalized spacial score (nSPS) is 23.6. The van der Waals surface area contributed by atoms with Gasteiger partial charge < -0.3 is 14.6 Å². The van der Waals surface area contributed by atoms with Gasteiger partial charge in [0, 0.05) is 31.1 Å². The summed E-state index contributed by atoms with van der Waals surface area (Å²) in [6.07, 6.45) is 5.58. The van der Waals surface area contributed by atoms with Crippen molar-refractivity contribution < 1.29 is 4.74 Å². The molecule has 5 heteroatoms. The quantitative estimate of drug-likeness (QED) is 0.886. The SMILES string of the molecule is COC1CC(Nc2nccn(C(C)(C)C)c2=O)C1. The van der Waals surface area contributed by atoms with Crippen molar-refractivity contribution in [3.8, 4) is 0 Å². The van der Waals surface area contributed by atoms with Crippen molar-refractivity contribution in [3.63, 3.8) is 0 Å². The summed E-state index contributed by atoms with van der Waals surface area (Å²) in [7, 11) is 1.72. The lowest BCUT2D eigenvalue weighted by molar-refractivity contribution is 0.0327. The van der Waals surface area contributed by atoms with Crippen LogP contribution in [0.4, 0.5) is 5.82 Å². The van der Waals surface area contributed by atoms with Crippen LogP contribution in [0, 0.1) is 0 Å². The maximum Gasteiger partial charge on any atom is 0.293 e. The number of hydrogen-bond acceptors (Lipinski definition) is 4. The highest BCUT2D eigenvalue weighted by Gasteiger charge is 2.30. The molecule has 1 aromatic rings. The molecule has 0 saturated heterocycles. The van der Waals surface area contributed by atoms with Gasteiger partial charge in [0.05, 0.1) is 6.10 Å². The molecule has 18 heavy (non-hydrogen) atoms. The molecule has 100 valence electrons. The van der Waals surface area contributed by atoms with Gasteiger partial charge in [-0.2, -0.15) is 0 Å². The van der Waals surface area contributed by atoms with E-state index in [1.807, 2.05) is 20.8 Å². The molecule has 1 aromatic heterocycles. The van der Waals surface area contributed by atoms with E-state index < -0.39 is 0 Å². The third-order valence-electron chi connectivity index (χ3n) is 3.33. The van der Waals surface area contributed by atoms with Crippen LogP contribution in [0.2, 0.25) is 0 Å². The second-order valence-electron chi connectivity index (χ2n) is 5.79. The molecule has 1 saturated carbocycles. The Morgan fingerprint density at radius 1 is 1.44 bits per heavy atom. The number of nitrogens with one attached hydrogen (secondary N) is 1.